The highest BCUT2D eigenvalue weighted by Gasteiger charge is 2.10. The van der Waals surface area contributed by atoms with Gasteiger partial charge in [0.25, 0.3) is 5.69 Å². The van der Waals surface area contributed by atoms with E-state index in [1.54, 1.807) is 12.1 Å². The Balaban J connectivity index is 1.58. The molecular formula is C25H22N2O3. The molecular weight excluding hydrogens is 376 g/mol. The van der Waals surface area contributed by atoms with Crippen LogP contribution in [0.3, 0.4) is 0 Å². The van der Waals surface area contributed by atoms with Crippen molar-refractivity contribution in [3.8, 4) is 5.75 Å². The van der Waals surface area contributed by atoms with Crippen molar-refractivity contribution < 1.29 is 9.66 Å². The number of fused-ring (bicyclic) bond motifs is 1. The number of nitrogens with one attached hydrogen (secondary N) is 1. The average Bonchev–Trinajstić information content (AvgIpc) is 2.77. The third-order valence-corrected chi connectivity index (χ3v) is 5.06. The third kappa shape index (κ3) is 4.41. The van der Waals surface area contributed by atoms with E-state index in [1.165, 1.54) is 17.7 Å². The zero-order chi connectivity index (χ0) is 20.9. The number of hydrogen-bond acceptors (Lipinski definition) is 4. The standard InChI is InChI=1S/C25H22N2O3/c1-18-6-8-19(9-7-18)17-30-25-15-10-20-4-2-3-5-23(20)24(25)16-26-21-11-13-22(14-12-21)27(28)29/h2-15,26H,16-17H2,1H3. The Kier molecular flexibility index (Phi) is 5.61. The quantitative estimate of drug-likeness (QED) is 0.295. The van der Waals surface area contributed by atoms with Gasteiger partial charge in [0.05, 0.1) is 4.92 Å². The van der Waals surface area contributed by atoms with Crippen molar-refractivity contribution in [1.29, 1.82) is 0 Å². The molecule has 5 heteroatoms. The molecule has 0 radical (unpaired) electrons. The monoisotopic (exact) mass is 398 g/mol. The molecule has 0 saturated carbocycles. The molecule has 0 bridgehead atoms. The zero-order valence-corrected chi connectivity index (χ0v) is 16.7. The number of aryl methyl sites for hydroxylation is 1. The van der Waals surface area contributed by atoms with Crippen molar-refractivity contribution >= 4 is 22.1 Å². The van der Waals surface area contributed by atoms with Crippen LogP contribution in [0.2, 0.25) is 0 Å². The highest BCUT2D eigenvalue weighted by molar-refractivity contribution is 5.88. The van der Waals surface area contributed by atoms with Gasteiger partial charge in [0.15, 0.2) is 0 Å². The fourth-order valence-corrected chi connectivity index (χ4v) is 3.37. The van der Waals surface area contributed by atoms with Crippen LogP contribution in [0.5, 0.6) is 5.75 Å². The summed E-state index contributed by atoms with van der Waals surface area (Å²) in [6, 6.07) is 27.0. The molecule has 0 amide bonds. The maximum absolute atomic E-state index is 10.9. The Bertz CT molecular complexity index is 1170. The van der Waals surface area contributed by atoms with Crippen LogP contribution in [0.4, 0.5) is 11.4 Å². The smallest absolute Gasteiger partial charge is 0.269 e. The van der Waals surface area contributed by atoms with Gasteiger partial charge in [-0.15, -0.1) is 0 Å². The van der Waals surface area contributed by atoms with Crippen molar-refractivity contribution in [3.05, 3.63) is 112 Å². The van der Waals surface area contributed by atoms with Crippen LogP contribution in [-0.2, 0) is 13.2 Å². The van der Waals surface area contributed by atoms with Gasteiger partial charge in [-0.05, 0) is 41.5 Å². The minimum Gasteiger partial charge on any atom is -0.489 e. The van der Waals surface area contributed by atoms with Crippen molar-refractivity contribution in [1.82, 2.24) is 0 Å². The highest BCUT2D eigenvalue weighted by Crippen LogP contribution is 2.30. The Morgan fingerprint density at radius 3 is 2.37 bits per heavy atom. The second kappa shape index (κ2) is 8.66. The summed E-state index contributed by atoms with van der Waals surface area (Å²) in [5.74, 6) is 0.823. The van der Waals surface area contributed by atoms with Gasteiger partial charge in [0.2, 0.25) is 0 Å². The van der Waals surface area contributed by atoms with Gasteiger partial charge >= 0.3 is 0 Å². The highest BCUT2D eigenvalue weighted by atomic mass is 16.6. The lowest BCUT2D eigenvalue weighted by Gasteiger charge is -2.16. The van der Waals surface area contributed by atoms with E-state index in [9.17, 15) is 10.1 Å². The normalized spacial score (nSPS) is 10.7. The van der Waals surface area contributed by atoms with Gasteiger partial charge in [-0.25, -0.2) is 0 Å². The van der Waals surface area contributed by atoms with Gasteiger partial charge in [-0.2, -0.15) is 0 Å². The maximum atomic E-state index is 10.9. The summed E-state index contributed by atoms with van der Waals surface area (Å²) in [6.07, 6.45) is 0. The zero-order valence-electron chi connectivity index (χ0n) is 16.7. The van der Waals surface area contributed by atoms with Crippen LogP contribution >= 0.6 is 0 Å². The predicted molar refractivity (Wildman–Crippen MR) is 120 cm³/mol. The first kappa shape index (κ1) is 19.5. The molecule has 0 unspecified atom stereocenters. The molecule has 0 fully saturated rings. The molecule has 4 rings (SSSR count). The summed E-state index contributed by atoms with van der Waals surface area (Å²) >= 11 is 0. The summed E-state index contributed by atoms with van der Waals surface area (Å²) in [7, 11) is 0. The number of nitro benzene ring substituents is 1. The average molecular weight is 398 g/mol. The molecule has 4 aromatic rings. The van der Waals surface area contributed by atoms with Crippen LogP contribution in [-0.4, -0.2) is 4.92 Å². The second-order valence-electron chi connectivity index (χ2n) is 7.20. The number of ether oxygens (including phenoxy) is 1. The van der Waals surface area contributed by atoms with E-state index in [0.29, 0.717) is 13.2 Å². The number of rotatable bonds is 7. The molecule has 0 spiro atoms. The van der Waals surface area contributed by atoms with Crippen molar-refractivity contribution in [2.75, 3.05) is 5.32 Å². The molecule has 150 valence electrons. The summed E-state index contributed by atoms with van der Waals surface area (Å²) in [5.41, 5.74) is 4.28. The summed E-state index contributed by atoms with van der Waals surface area (Å²) in [6.45, 7) is 3.10. The minimum atomic E-state index is -0.397. The van der Waals surface area contributed by atoms with Gasteiger partial charge in [-0.3, -0.25) is 10.1 Å². The molecule has 0 aliphatic carbocycles. The fraction of sp³-hybridized carbons (Fsp3) is 0.120. The third-order valence-electron chi connectivity index (χ3n) is 5.06. The van der Waals surface area contributed by atoms with E-state index in [-0.39, 0.29) is 5.69 Å². The van der Waals surface area contributed by atoms with E-state index in [4.69, 9.17) is 4.74 Å². The first-order chi connectivity index (χ1) is 14.6. The first-order valence-electron chi connectivity index (χ1n) is 9.77. The molecule has 5 nitrogen and oxygen atoms in total. The first-order valence-corrected chi connectivity index (χ1v) is 9.77. The molecule has 0 aliphatic heterocycles. The maximum Gasteiger partial charge on any atom is 0.269 e. The lowest BCUT2D eigenvalue weighted by atomic mass is 10.0. The summed E-state index contributed by atoms with van der Waals surface area (Å²) < 4.78 is 6.18. The van der Waals surface area contributed by atoms with Gasteiger partial charge in [0, 0.05) is 29.9 Å². The summed E-state index contributed by atoms with van der Waals surface area (Å²) in [4.78, 5) is 10.5. The number of nitrogens with zero attached hydrogens (tertiary/aromatic N) is 1. The topological polar surface area (TPSA) is 64.4 Å². The molecule has 0 aliphatic rings. The molecule has 1 N–H and O–H groups in total. The van der Waals surface area contributed by atoms with Crippen molar-refractivity contribution in [2.45, 2.75) is 20.1 Å². The molecule has 0 heterocycles. The molecule has 0 aromatic heterocycles. The van der Waals surface area contributed by atoms with Gasteiger partial charge in [-0.1, -0.05) is 60.2 Å². The number of benzene rings is 4. The van der Waals surface area contributed by atoms with Crippen LogP contribution < -0.4 is 10.1 Å². The lowest BCUT2D eigenvalue weighted by Crippen LogP contribution is -2.05. The number of nitro groups is 1. The summed E-state index contributed by atoms with van der Waals surface area (Å²) in [5, 5.41) is 16.5. The fourth-order valence-electron chi connectivity index (χ4n) is 3.37. The number of non-ortho nitro benzene ring substituents is 1. The predicted octanol–water partition coefficient (Wildman–Crippen LogP) is 6.25. The van der Waals surface area contributed by atoms with E-state index in [0.717, 1.165) is 33.3 Å². The Labute approximate surface area is 175 Å². The molecule has 0 saturated heterocycles. The Morgan fingerprint density at radius 2 is 1.63 bits per heavy atom. The van der Waals surface area contributed by atoms with Crippen molar-refractivity contribution in [2.24, 2.45) is 0 Å². The molecule has 4 aromatic carbocycles. The van der Waals surface area contributed by atoms with Crippen LogP contribution in [0, 0.1) is 17.0 Å². The number of hydrogen-bond donors (Lipinski definition) is 1. The lowest BCUT2D eigenvalue weighted by molar-refractivity contribution is -0.384. The Morgan fingerprint density at radius 1 is 0.900 bits per heavy atom. The van der Waals surface area contributed by atoms with Gasteiger partial charge < -0.3 is 10.1 Å². The largest absolute Gasteiger partial charge is 0.489 e. The molecule has 0 atom stereocenters. The number of anilines is 1. The van der Waals surface area contributed by atoms with Crippen LogP contribution in [0.1, 0.15) is 16.7 Å². The van der Waals surface area contributed by atoms with Crippen LogP contribution in [0.25, 0.3) is 10.8 Å². The van der Waals surface area contributed by atoms with E-state index in [1.807, 2.05) is 18.2 Å². The van der Waals surface area contributed by atoms with Crippen LogP contribution in [0.15, 0.2) is 84.9 Å². The van der Waals surface area contributed by atoms with Crippen molar-refractivity contribution in [3.63, 3.8) is 0 Å². The van der Waals surface area contributed by atoms with E-state index in [2.05, 4.69) is 54.7 Å². The van der Waals surface area contributed by atoms with E-state index >= 15 is 0 Å². The second-order valence-corrected chi connectivity index (χ2v) is 7.20. The minimum absolute atomic E-state index is 0.0767. The van der Waals surface area contributed by atoms with Gasteiger partial charge in [0.1, 0.15) is 12.4 Å². The van der Waals surface area contributed by atoms with E-state index < -0.39 is 4.92 Å². The molecule has 30 heavy (non-hydrogen) atoms. The SMILES string of the molecule is Cc1ccc(COc2ccc3ccccc3c2CNc2ccc([N+](=O)[O-])cc2)cc1. The Hall–Kier alpha value is -3.86.